The number of carbonyl (C=O) groups is 1. The first-order chi connectivity index (χ1) is 12.7. The van der Waals surface area contributed by atoms with Crippen molar-refractivity contribution in [2.75, 3.05) is 63.8 Å². The molecule has 4 rings (SSSR count). The lowest BCUT2D eigenvalue weighted by molar-refractivity contribution is -0.134. The summed E-state index contributed by atoms with van der Waals surface area (Å²) in [7, 11) is 0. The number of anilines is 1. The van der Waals surface area contributed by atoms with Gasteiger partial charge in [-0.2, -0.15) is 0 Å². The van der Waals surface area contributed by atoms with E-state index in [0.29, 0.717) is 12.5 Å². The highest BCUT2D eigenvalue weighted by atomic mass is 79.9. The maximum Gasteiger partial charge on any atom is 0.236 e. The van der Waals surface area contributed by atoms with Crippen LogP contribution in [-0.4, -0.2) is 85.6 Å². The standard InChI is InChI=1S/C20H29BrN4O/c21-17-3-1-6-19(15-17)24-9-7-22(8-10-24)16-20(26)25-13-11-23(12-14-25)18-4-2-5-18/h1,3,6,15,18H,2,4-5,7-14,16H2. The van der Waals surface area contributed by atoms with E-state index in [1.54, 1.807) is 0 Å². The monoisotopic (exact) mass is 420 g/mol. The summed E-state index contributed by atoms with van der Waals surface area (Å²) in [5.41, 5.74) is 1.26. The summed E-state index contributed by atoms with van der Waals surface area (Å²) in [6, 6.07) is 9.27. The lowest BCUT2D eigenvalue weighted by atomic mass is 9.91. The van der Waals surface area contributed by atoms with Crippen molar-refractivity contribution in [3.05, 3.63) is 28.7 Å². The zero-order valence-corrected chi connectivity index (χ0v) is 17.0. The van der Waals surface area contributed by atoms with Crippen LogP contribution >= 0.6 is 15.9 Å². The topological polar surface area (TPSA) is 30.0 Å². The lowest BCUT2D eigenvalue weighted by Gasteiger charge is -2.43. The molecule has 0 spiro atoms. The van der Waals surface area contributed by atoms with Gasteiger partial charge in [0.05, 0.1) is 6.54 Å². The van der Waals surface area contributed by atoms with E-state index in [-0.39, 0.29) is 0 Å². The van der Waals surface area contributed by atoms with Crippen LogP contribution in [0.2, 0.25) is 0 Å². The normalized spacial score (nSPS) is 23.1. The summed E-state index contributed by atoms with van der Waals surface area (Å²) in [6.45, 7) is 8.41. The first kappa shape index (κ1) is 18.3. The second-order valence-electron chi connectivity index (χ2n) is 7.74. The van der Waals surface area contributed by atoms with Crippen molar-refractivity contribution in [2.45, 2.75) is 25.3 Å². The fourth-order valence-electron chi connectivity index (χ4n) is 4.22. The number of halogens is 1. The van der Waals surface area contributed by atoms with Crippen LogP contribution in [-0.2, 0) is 4.79 Å². The molecule has 0 bridgehead atoms. The molecule has 3 aliphatic rings. The molecule has 1 aliphatic carbocycles. The third-order valence-electron chi connectivity index (χ3n) is 6.16. The second kappa shape index (κ2) is 8.28. The van der Waals surface area contributed by atoms with Gasteiger partial charge in [0.2, 0.25) is 5.91 Å². The average Bonchev–Trinajstić information content (AvgIpc) is 2.61. The van der Waals surface area contributed by atoms with Gasteiger partial charge in [-0.1, -0.05) is 28.4 Å². The van der Waals surface area contributed by atoms with E-state index in [1.807, 2.05) is 0 Å². The molecular weight excluding hydrogens is 392 g/mol. The molecule has 0 atom stereocenters. The van der Waals surface area contributed by atoms with Gasteiger partial charge in [-0.15, -0.1) is 0 Å². The minimum absolute atomic E-state index is 0.314. The lowest BCUT2D eigenvalue weighted by Crippen LogP contribution is -2.56. The van der Waals surface area contributed by atoms with Gasteiger partial charge in [0, 0.05) is 68.6 Å². The number of rotatable bonds is 4. The molecule has 1 saturated carbocycles. The van der Waals surface area contributed by atoms with Crippen molar-refractivity contribution in [2.24, 2.45) is 0 Å². The van der Waals surface area contributed by atoms with Gasteiger partial charge in [0.15, 0.2) is 0 Å². The molecular formula is C20H29BrN4O. The molecule has 142 valence electrons. The van der Waals surface area contributed by atoms with Crippen molar-refractivity contribution in [1.82, 2.24) is 14.7 Å². The van der Waals surface area contributed by atoms with Gasteiger partial charge < -0.3 is 9.80 Å². The summed E-state index contributed by atoms with van der Waals surface area (Å²) >= 11 is 3.55. The predicted molar refractivity (Wildman–Crippen MR) is 109 cm³/mol. The average molecular weight is 421 g/mol. The summed E-state index contributed by atoms with van der Waals surface area (Å²) in [4.78, 5) is 22.1. The van der Waals surface area contributed by atoms with Crippen LogP contribution in [0.1, 0.15) is 19.3 Å². The summed E-state index contributed by atoms with van der Waals surface area (Å²) in [6.07, 6.45) is 4.10. The summed E-state index contributed by atoms with van der Waals surface area (Å²) < 4.78 is 1.12. The van der Waals surface area contributed by atoms with Gasteiger partial charge >= 0.3 is 0 Å². The molecule has 0 radical (unpaired) electrons. The summed E-state index contributed by atoms with van der Waals surface area (Å²) in [5.74, 6) is 0.314. The Bertz CT molecular complexity index is 620. The van der Waals surface area contributed by atoms with E-state index in [0.717, 1.165) is 62.9 Å². The number of hydrogen-bond donors (Lipinski definition) is 0. The fraction of sp³-hybridized carbons (Fsp3) is 0.650. The molecule has 1 amide bonds. The molecule has 26 heavy (non-hydrogen) atoms. The Labute approximate surface area is 165 Å². The Morgan fingerprint density at radius 2 is 1.73 bits per heavy atom. The van der Waals surface area contributed by atoms with Crippen molar-refractivity contribution in [1.29, 1.82) is 0 Å². The highest BCUT2D eigenvalue weighted by Crippen LogP contribution is 2.25. The summed E-state index contributed by atoms with van der Waals surface area (Å²) in [5, 5.41) is 0. The molecule has 6 heteroatoms. The quantitative estimate of drug-likeness (QED) is 0.747. The second-order valence-corrected chi connectivity index (χ2v) is 8.66. The maximum absolute atomic E-state index is 12.7. The minimum Gasteiger partial charge on any atom is -0.369 e. The zero-order chi connectivity index (χ0) is 17.9. The van der Waals surface area contributed by atoms with E-state index in [2.05, 4.69) is 59.8 Å². The van der Waals surface area contributed by atoms with Crippen molar-refractivity contribution in [3.8, 4) is 0 Å². The van der Waals surface area contributed by atoms with E-state index < -0.39 is 0 Å². The molecule has 0 aromatic heterocycles. The third kappa shape index (κ3) is 4.24. The molecule has 1 aromatic rings. The van der Waals surface area contributed by atoms with Crippen LogP contribution in [0, 0.1) is 0 Å². The van der Waals surface area contributed by atoms with Crippen LogP contribution < -0.4 is 4.90 Å². The molecule has 2 heterocycles. The van der Waals surface area contributed by atoms with Gasteiger partial charge in [-0.05, 0) is 31.0 Å². The molecule has 0 unspecified atom stereocenters. The largest absolute Gasteiger partial charge is 0.369 e. The zero-order valence-electron chi connectivity index (χ0n) is 15.4. The van der Waals surface area contributed by atoms with Crippen molar-refractivity contribution in [3.63, 3.8) is 0 Å². The number of piperazine rings is 2. The van der Waals surface area contributed by atoms with E-state index in [1.165, 1.54) is 24.9 Å². The SMILES string of the molecule is O=C(CN1CCN(c2cccc(Br)c2)CC1)N1CCN(C2CCC2)CC1. The minimum atomic E-state index is 0.314. The predicted octanol–water partition coefficient (Wildman–Crippen LogP) is 2.27. The van der Waals surface area contributed by atoms with Gasteiger partial charge in [-0.25, -0.2) is 0 Å². The highest BCUT2D eigenvalue weighted by Gasteiger charge is 2.30. The molecule has 2 aliphatic heterocycles. The first-order valence-corrected chi connectivity index (χ1v) is 10.7. The highest BCUT2D eigenvalue weighted by molar-refractivity contribution is 9.10. The van der Waals surface area contributed by atoms with E-state index in [4.69, 9.17) is 0 Å². The van der Waals surface area contributed by atoms with E-state index in [9.17, 15) is 4.79 Å². The fourth-order valence-corrected chi connectivity index (χ4v) is 4.60. The first-order valence-electron chi connectivity index (χ1n) is 9.94. The Kier molecular flexibility index (Phi) is 5.81. The van der Waals surface area contributed by atoms with Crippen LogP contribution in [0.15, 0.2) is 28.7 Å². The number of carbonyl (C=O) groups excluding carboxylic acids is 1. The molecule has 3 fully saturated rings. The van der Waals surface area contributed by atoms with Crippen molar-refractivity contribution < 1.29 is 4.79 Å². The third-order valence-corrected chi connectivity index (χ3v) is 6.66. The van der Waals surface area contributed by atoms with E-state index >= 15 is 0 Å². The van der Waals surface area contributed by atoms with Crippen LogP contribution in [0.25, 0.3) is 0 Å². The Hall–Kier alpha value is -1.11. The smallest absolute Gasteiger partial charge is 0.236 e. The maximum atomic E-state index is 12.7. The van der Waals surface area contributed by atoms with Crippen LogP contribution in [0.4, 0.5) is 5.69 Å². The van der Waals surface area contributed by atoms with Crippen LogP contribution in [0.5, 0.6) is 0 Å². The number of benzene rings is 1. The van der Waals surface area contributed by atoms with Crippen molar-refractivity contribution >= 4 is 27.5 Å². The Morgan fingerprint density at radius 1 is 1.00 bits per heavy atom. The van der Waals surface area contributed by atoms with Gasteiger partial charge in [-0.3, -0.25) is 14.6 Å². The van der Waals surface area contributed by atoms with Crippen LogP contribution in [0.3, 0.4) is 0 Å². The Morgan fingerprint density at radius 3 is 2.35 bits per heavy atom. The molecule has 0 N–H and O–H groups in total. The van der Waals surface area contributed by atoms with Gasteiger partial charge in [0.1, 0.15) is 0 Å². The number of nitrogens with zero attached hydrogens (tertiary/aromatic N) is 4. The Balaban J connectivity index is 1.21. The molecule has 2 saturated heterocycles. The van der Waals surface area contributed by atoms with Gasteiger partial charge in [0.25, 0.3) is 0 Å². The molecule has 5 nitrogen and oxygen atoms in total. The number of amides is 1. The number of hydrogen-bond acceptors (Lipinski definition) is 4. The molecule has 1 aromatic carbocycles.